The predicted octanol–water partition coefficient (Wildman–Crippen LogP) is 1.90. The molecule has 0 unspecified atom stereocenters. The highest BCUT2D eigenvalue weighted by Gasteiger charge is 2.35. The standard InChI is InChI=1S/C18H23BN2O4S/c1-2-10-26(23,24)21-8-6-13(7-9-21)15-11-19(22)25-17-12-20-16-5-3-4-14(16)18(15)17/h3-4,11-13,22H,2,5-10H2,1H3. The van der Waals surface area contributed by atoms with Crippen LogP contribution in [0.3, 0.4) is 0 Å². The van der Waals surface area contributed by atoms with E-state index in [-0.39, 0.29) is 11.7 Å². The number of sulfonamides is 1. The Kier molecular flexibility index (Phi) is 4.67. The van der Waals surface area contributed by atoms with Crippen LogP contribution in [0.15, 0.2) is 18.2 Å². The summed E-state index contributed by atoms with van der Waals surface area (Å²) in [7, 11) is -4.13. The minimum absolute atomic E-state index is 0.208. The summed E-state index contributed by atoms with van der Waals surface area (Å²) in [4.78, 5) is 4.44. The number of pyridine rings is 1. The van der Waals surface area contributed by atoms with Crippen molar-refractivity contribution in [1.29, 1.82) is 0 Å². The van der Waals surface area contributed by atoms with Gasteiger partial charge in [0.25, 0.3) is 0 Å². The third-order valence-electron chi connectivity index (χ3n) is 5.37. The third kappa shape index (κ3) is 3.10. The summed E-state index contributed by atoms with van der Waals surface area (Å²) in [5.41, 5.74) is 4.18. The van der Waals surface area contributed by atoms with Crippen molar-refractivity contribution in [1.82, 2.24) is 9.29 Å². The number of piperidine rings is 1. The first-order chi connectivity index (χ1) is 12.5. The Bertz CT molecular complexity index is 873. The van der Waals surface area contributed by atoms with Gasteiger partial charge < -0.3 is 9.68 Å². The molecule has 3 heterocycles. The van der Waals surface area contributed by atoms with Crippen LogP contribution in [-0.4, -0.2) is 48.7 Å². The van der Waals surface area contributed by atoms with Gasteiger partial charge in [-0.3, -0.25) is 4.98 Å². The second kappa shape index (κ2) is 6.83. The summed E-state index contributed by atoms with van der Waals surface area (Å²) >= 11 is 0. The number of fused-ring (bicyclic) bond motifs is 3. The Labute approximate surface area is 154 Å². The maximum atomic E-state index is 12.3. The molecule has 0 radical (unpaired) electrons. The summed E-state index contributed by atoms with van der Waals surface area (Å²) in [5.74, 6) is 2.80. The fraction of sp³-hybridized carbons (Fsp3) is 0.500. The van der Waals surface area contributed by atoms with Crippen molar-refractivity contribution in [2.75, 3.05) is 18.8 Å². The molecule has 8 heteroatoms. The van der Waals surface area contributed by atoms with Crippen LogP contribution in [0.5, 0.6) is 5.75 Å². The first-order valence-corrected chi connectivity index (χ1v) is 10.8. The van der Waals surface area contributed by atoms with E-state index in [1.54, 1.807) is 16.5 Å². The Morgan fingerprint density at radius 2 is 2.15 bits per heavy atom. The Balaban J connectivity index is 1.60. The second-order valence-corrected chi connectivity index (χ2v) is 9.17. The van der Waals surface area contributed by atoms with Crippen molar-refractivity contribution in [3.05, 3.63) is 35.1 Å². The van der Waals surface area contributed by atoms with E-state index in [2.05, 4.69) is 17.1 Å². The van der Waals surface area contributed by atoms with Gasteiger partial charge in [-0.1, -0.05) is 19.1 Å². The van der Waals surface area contributed by atoms with Gasteiger partial charge in [-0.25, -0.2) is 12.7 Å². The van der Waals surface area contributed by atoms with Crippen molar-refractivity contribution < 1.29 is 18.1 Å². The van der Waals surface area contributed by atoms with Crippen LogP contribution in [0, 0.1) is 5.92 Å². The molecule has 0 spiro atoms. The van der Waals surface area contributed by atoms with Gasteiger partial charge in [0.2, 0.25) is 10.0 Å². The minimum Gasteiger partial charge on any atom is -0.531 e. The van der Waals surface area contributed by atoms with Crippen LogP contribution in [0.2, 0.25) is 0 Å². The number of rotatable bonds is 4. The van der Waals surface area contributed by atoms with E-state index in [0.717, 1.165) is 41.7 Å². The zero-order valence-corrected chi connectivity index (χ0v) is 15.7. The molecule has 1 fully saturated rings. The molecule has 138 valence electrons. The van der Waals surface area contributed by atoms with Crippen LogP contribution in [0.1, 0.15) is 43.0 Å². The molecule has 0 amide bonds. The quantitative estimate of drug-likeness (QED) is 0.815. The van der Waals surface area contributed by atoms with Crippen molar-refractivity contribution in [2.45, 2.75) is 32.6 Å². The molecule has 1 aromatic rings. The lowest BCUT2D eigenvalue weighted by Gasteiger charge is -2.34. The highest BCUT2D eigenvalue weighted by Crippen LogP contribution is 2.43. The number of nitrogens with zero attached hydrogens (tertiary/aromatic N) is 2. The lowest BCUT2D eigenvalue weighted by molar-refractivity contribution is 0.310. The molecule has 1 saturated heterocycles. The molecule has 3 aliphatic rings. The Hall–Kier alpha value is -1.64. The highest BCUT2D eigenvalue weighted by atomic mass is 32.2. The maximum Gasteiger partial charge on any atom is 0.552 e. The molecule has 2 aliphatic heterocycles. The van der Waals surface area contributed by atoms with E-state index >= 15 is 0 Å². The maximum absolute atomic E-state index is 12.3. The number of hydrogen-bond donors (Lipinski definition) is 1. The Morgan fingerprint density at radius 1 is 1.38 bits per heavy atom. The van der Waals surface area contributed by atoms with E-state index in [1.165, 1.54) is 0 Å². The molecule has 1 aliphatic carbocycles. The molecule has 6 nitrogen and oxygen atoms in total. The first-order valence-electron chi connectivity index (χ1n) is 9.22. The summed E-state index contributed by atoms with van der Waals surface area (Å²) in [6, 6.07) is 0. The Morgan fingerprint density at radius 3 is 2.88 bits per heavy atom. The number of hydrogen-bond acceptors (Lipinski definition) is 5. The molecular weight excluding hydrogens is 351 g/mol. The molecule has 4 rings (SSSR count). The van der Waals surface area contributed by atoms with Gasteiger partial charge in [-0.2, -0.15) is 0 Å². The van der Waals surface area contributed by atoms with Gasteiger partial charge in [0.1, 0.15) is 5.75 Å². The molecule has 0 aromatic carbocycles. The third-order valence-corrected chi connectivity index (χ3v) is 7.44. The smallest absolute Gasteiger partial charge is 0.531 e. The summed E-state index contributed by atoms with van der Waals surface area (Å²) in [5, 5.41) is 10.1. The van der Waals surface area contributed by atoms with Gasteiger partial charge in [0.05, 0.1) is 17.6 Å². The van der Waals surface area contributed by atoms with Crippen molar-refractivity contribution in [2.24, 2.45) is 5.92 Å². The highest BCUT2D eigenvalue weighted by molar-refractivity contribution is 7.89. The molecular formula is C18H23BN2O4S. The first kappa shape index (κ1) is 17.8. The number of allylic oxidation sites excluding steroid dienone is 2. The average molecular weight is 374 g/mol. The minimum atomic E-state index is -3.15. The fourth-order valence-corrected chi connectivity index (χ4v) is 5.68. The van der Waals surface area contributed by atoms with Gasteiger partial charge in [-0.05, 0) is 36.7 Å². The molecule has 1 aromatic heterocycles. The summed E-state index contributed by atoms with van der Waals surface area (Å²) in [6.45, 7) is 2.94. The zero-order valence-electron chi connectivity index (χ0n) is 14.9. The van der Waals surface area contributed by atoms with Crippen LogP contribution in [-0.2, 0) is 16.4 Å². The van der Waals surface area contributed by atoms with Crippen LogP contribution in [0.4, 0.5) is 0 Å². The SMILES string of the molecule is CCCS(=O)(=O)N1CCC(C2=CB(O)Oc3cnc4c(c32)C=CC4)CC1. The normalized spacial score (nSPS) is 20.5. The van der Waals surface area contributed by atoms with Gasteiger partial charge >= 0.3 is 7.12 Å². The van der Waals surface area contributed by atoms with Crippen LogP contribution in [0.25, 0.3) is 11.6 Å². The predicted molar refractivity (Wildman–Crippen MR) is 102 cm³/mol. The zero-order chi connectivity index (χ0) is 18.3. The second-order valence-electron chi connectivity index (χ2n) is 7.08. The average Bonchev–Trinajstić information content (AvgIpc) is 3.09. The summed E-state index contributed by atoms with van der Waals surface area (Å²) in [6.07, 6.45) is 8.79. The van der Waals surface area contributed by atoms with Crippen LogP contribution < -0.4 is 4.65 Å². The number of aromatic nitrogens is 1. The van der Waals surface area contributed by atoms with Crippen molar-refractivity contribution >= 4 is 28.8 Å². The largest absolute Gasteiger partial charge is 0.552 e. The van der Waals surface area contributed by atoms with E-state index < -0.39 is 17.1 Å². The van der Waals surface area contributed by atoms with E-state index in [9.17, 15) is 13.4 Å². The summed E-state index contributed by atoms with van der Waals surface area (Å²) < 4.78 is 31.8. The topological polar surface area (TPSA) is 79.7 Å². The fourth-order valence-electron chi connectivity index (χ4n) is 4.14. The lowest BCUT2D eigenvalue weighted by atomic mass is 9.74. The molecule has 1 N–H and O–H groups in total. The molecule has 0 saturated carbocycles. The molecule has 0 bridgehead atoms. The van der Waals surface area contributed by atoms with Crippen LogP contribution >= 0.6 is 0 Å². The molecule has 26 heavy (non-hydrogen) atoms. The van der Waals surface area contributed by atoms with E-state index in [0.29, 0.717) is 25.3 Å². The van der Waals surface area contributed by atoms with Gasteiger partial charge in [0.15, 0.2) is 0 Å². The lowest BCUT2D eigenvalue weighted by Crippen LogP contribution is -2.40. The molecule has 0 atom stereocenters. The van der Waals surface area contributed by atoms with E-state index in [1.807, 2.05) is 6.92 Å². The van der Waals surface area contributed by atoms with Gasteiger partial charge in [0, 0.05) is 30.6 Å². The van der Waals surface area contributed by atoms with Crippen molar-refractivity contribution in [3.63, 3.8) is 0 Å². The van der Waals surface area contributed by atoms with E-state index in [4.69, 9.17) is 4.65 Å². The van der Waals surface area contributed by atoms with Crippen molar-refractivity contribution in [3.8, 4) is 5.75 Å². The van der Waals surface area contributed by atoms with Gasteiger partial charge in [-0.15, -0.1) is 0 Å². The monoisotopic (exact) mass is 374 g/mol.